The molecule has 3 rings (SSSR count). The van der Waals surface area contributed by atoms with Crippen molar-refractivity contribution in [2.24, 2.45) is 4.99 Å². The average Bonchev–Trinajstić information content (AvgIpc) is 3.05. The minimum Gasteiger partial charge on any atom is -0.473 e. The number of oxazole rings is 1. The Morgan fingerprint density at radius 1 is 1.07 bits per heavy atom. The van der Waals surface area contributed by atoms with Gasteiger partial charge in [0.05, 0.1) is 12.2 Å². The van der Waals surface area contributed by atoms with Crippen molar-refractivity contribution in [3.63, 3.8) is 0 Å². The molecule has 0 saturated carbocycles. The third-order valence-corrected chi connectivity index (χ3v) is 4.22. The van der Waals surface area contributed by atoms with E-state index in [2.05, 4.69) is 25.6 Å². The molecule has 0 spiro atoms. The molecule has 29 heavy (non-hydrogen) atoms. The number of guanidine groups is 1. The van der Waals surface area contributed by atoms with E-state index in [0.717, 1.165) is 22.6 Å². The van der Waals surface area contributed by atoms with Crippen molar-refractivity contribution in [2.75, 3.05) is 7.05 Å². The number of hydrogen-bond acceptors (Lipinski definition) is 5. The van der Waals surface area contributed by atoms with Gasteiger partial charge in [0.15, 0.2) is 5.96 Å². The van der Waals surface area contributed by atoms with Gasteiger partial charge in [0.25, 0.3) is 0 Å². The zero-order chi connectivity index (χ0) is 19.8. The minimum absolute atomic E-state index is 0. The summed E-state index contributed by atoms with van der Waals surface area (Å²) in [5.74, 6) is 2.71. The molecule has 3 aromatic rings. The third-order valence-electron chi connectivity index (χ3n) is 4.22. The lowest BCUT2D eigenvalue weighted by atomic mass is 10.2. The predicted octanol–water partition coefficient (Wildman–Crippen LogP) is 3.75. The van der Waals surface area contributed by atoms with Gasteiger partial charge in [0.2, 0.25) is 11.8 Å². The summed E-state index contributed by atoms with van der Waals surface area (Å²) in [6.45, 7) is 5.29. The van der Waals surface area contributed by atoms with Gasteiger partial charge in [-0.1, -0.05) is 36.4 Å². The molecule has 0 unspecified atom stereocenters. The summed E-state index contributed by atoms with van der Waals surface area (Å²) in [4.78, 5) is 13.0. The van der Waals surface area contributed by atoms with Gasteiger partial charge in [-0.15, -0.1) is 24.0 Å². The van der Waals surface area contributed by atoms with Gasteiger partial charge in [-0.05, 0) is 25.5 Å². The fraction of sp³-hybridized carbons (Fsp3) is 0.286. The van der Waals surface area contributed by atoms with E-state index in [9.17, 15) is 0 Å². The largest absolute Gasteiger partial charge is 0.473 e. The normalized spacial score (nSPS) is 10.9. The summed E-state index contributed by atoms with van der Waals surface area (Å²) in [7, 11) is 1.72. The molecule has 2 aromatic heterocycles. The molecule has 0 bridgehead atoms. The highest BCUT2D eigenvalue weighted by Crippen LogP contribution is 2.16. The molecule has 2 N–H and O–H groups in total. The Bertz CT molecular complexity index is 908. The van der Waals surface area contributed by atoms with Gasteiger partial charge in [0, 0.05) is 25.4 Å². The number of halogens is 1. The van der Waals surface area contributed by atoms with Gasteiger partial charge in [0.1, 0.15) is 12.4 Å². The number of nitrogens with zero attached hydrogens (tertiary/aromatic N) is 3. The maximum absolute atomic E-state index is 5.90. The van der Waals surface area contributed by atoms with Crippen LogP contribution in [-0.4, -0.2) is 23.0 Å². The standard InChI is InChI=1S/C21H25N5O2.HI/c1-15-16(2)28-19(26-15)13-25-21(22-3)24-12-18-10-7-11-23-20(18)27-14-17-8-5-4-6-9-17;/h4-11H,12-14H2,1-3H3,(H2,22,24,25);1H. The number of hydrogen-bond donors (Lipinski definition) is 2. The lowest BCUT2D eigenvalue weighted by Gasteiger charge is -2.13. The number of ether oxygens (including phenoxy) is 1. The smallest absolute Gasteiger partial charge is 0.218 e. The van der Waals surface area contributed by atoms with Crippen LogP contribution in [0.25, 0.3) is 0 Å². The Morgan fingerprint density at radius 2 is 1.83 bits per heavy atom. The molecule has 7 nitrogen and oxygen atoms in total. The second kappa shape index (κ2) is 11.4. The van der Waals surface area contributed by atoms with E-state index in [1.807, 2.05) is 56.3 Å². The number of aryl methyl sites for hydroxylation is 2. The minimum atomic E-state index is 0. The van der Waals surface area contributed by atoms with Crippen LogP contribution in [0, 0.1) is 13.8 Å². The Hall–Kier alpha value is -2.62. The molecule has 1 aromatic carbocycles. The van der Waals surface area contributed by atoms with Gasteiger partial charge in [-0.3, -0.25) is 4.99 Å². The quantitative estimate of drug-likeness (QED) is 0.288. The molecule has 0 amide bonds. The van der Waals surface area contributed by atoms with Crippen LogP contribution in [0.5, 0.6) is 5.88 Å². The zero-order valence-electron chi connectivity index (χ0n) is 16.8. The first-order chi connectivity index (χ1) is 13.7. The van der Waals surface area contributed by atoms with Crippen molar-refractivity contribution in [1.82, 2.24) is 20.6 Å². The van der Waals surface area contributed by atoms with Crippen LogP contribution in [0.1, 0.15) is 28.5 Å². The van der Waals surface area contributed by atoms with Crippen LogP contribution in [0.4, 0.5) is 0 Å². The van der Waals surface area contributed by atoms with Crippen molar-refractivity contribution in [2.45, 2.75) is 33.5 Å². The molecule has 8 heteroatoms. The predicted molar refractivity (Wildman–Crippen MR) is 123 cm³/mol. The van der Waals surface area contributed by atoms with Gasteiger partial charge in [-0.2, -0.15) is 0 Å². The van der Waals surface area contributed by atoms with E-state index < -0.39 is 0 Å². The first-order valence-electron chi connectivity index (χ1n) is 9.13. The Morgan fingerprint density at radius 3 is 2.52 bits per heavy atom. The van der Waals surface area contributed by atoms with E-state index in [0.29, 0.717) is 37.4 Å². The fourth-order valence-electron chi connectivity index (χ4n) is 2.59. The third kappa shape index (κ3) is 6.74. The van der Waals surface area contributed by atoms with Crippen molar-refractivity contribution >= 4 is 29.9 Å². The van der Waals surface area contributed by atoms with E-state index >= 15 is 0 Å². The second-order valence-corrected chi connectivity index (χ2v) is 6.27. The first-order valence-corrected chi connectivity index (χ1v) is 9.13. The van der Waals surface area contributed by atoms with Crippen molar-refractivity contribution in [1.29, 1.82) is 0 Å². The fourth-order valence-corrected chi connectivity index (χ4v) is 2.59. The van der Waals surface area contributed by atoms with E-state index in [4.69, 9.17) is 9.15 Å². The van der Waals surface area contributed by atoms with Crippen LogP contribution in [0.15, 0.2) is 58.1 Å². The van der Waals surface area contributed by atoms with E-state index in [1.54, 1.807) is 13.2 Å². The average molecular weight is 507 g/mol. The number of rotatable bonds is 7. The topological polar surface area (TPSA) is 84.6 Å². The summed E-state index contributed by atoms with van der Waals surface area (Å²) in [6, 6.07) is 13.9. The van der Waals surface area contributed by atoms with Crippen LogP contribution in [-0.2, 0) is 19.7 Å². The molecule has 0 atom stereocenters. The van der Waals surface area contributed by atoms with Crippen LogP contribution in [0.2, 0.25) is 0 Å². The summed E-state index contributed by atoms with van der Waals surface area (Å²) < 4.78 is 11.5. The second-order valence-electron chi connectivity index (χ2n) is 6.27. The number of aromatic nitrogens is 2. The highest BCUT2D eigenvalue weighted by Gasteiger charge is 2.09. The van der Waals surface area contributed by atoms with E-state index in [-0.39, 0.29) is 24.0 Å². The number of benzene rings is 1. The summed E-state index contributed by atoms with van der Waals surface area (Å²) >= 11 is 0. The van der Waals surface area contributed by atoms with Crippen LogP contribution >= 0.6 is 24.0 Å². The van der Waals surface area contributed by atoms with Crippen molar-refractivity contribution in [3.05, 3.63) is 77.1 Å². The molecule has 0 aliphatic carbocycles. The maximum Gasteiger partial charge on any atom is 0.218 e. The van der Waals surface area contributed by atoms with Crippen LogP contribution in [0.3, 0.4) is 0 Å². The summed E-state index contributed by atoms with van der Waals surface area (Å²) in [5.41, 5.74) is 2.94. The van der Waals surface area contributed by atoms with Crippen molar-refractivity contribution < 1.29 is 9.15 Å². The van der Waals surface area contributed by atoms with Crippen LogP contribution < -0.4 is 15.4 Å². The molecule has 0 aliphatic rings. The molecule has 0 saturated heterocycles. The first kappa shape index (κ1) is 22.7. The van der Waals surface area contributed by atoms with Gasteiger partial charge < -0.3 is 19.8 Å². The van der Waals surface area contributed by atoms with Gasteiger partial charge in [-0.25, -0.2) is 9.97 Å². The van der Waals surface area contributed by atoms with Gasteiger partial charge >= 0.3 is 0 Å². The number of nitrogens with one attached hydrogen (secondary N) is 2. The lowest BCUT2D eigenvalue weighted by Crippen LogP contribution is -2.36. The number of pyridine rings is 1. The Labute approximate surface area is 188 Å². The monoisotopic (exact) mass is 507 g/mol. The van der Waals surface area contributed by atoms with Crippen molar-refractivity contribution in [3.8, 4) is 5.88 Å². The molecular weight excluding hydrogens is 481 g/mol. The highest BCUT2D eigenvalue weighted by atomic mass is 127. The molecular formula is C21H26IN5O2. The summed E-state index contributed by atoms with van der Waals surface area (Å²) in [6.07, 6.45) is 1.73. The number of aliphatic imine (C=N–C) groups is 1. The molecule has 0 aliphatic heterocycles. The zero-order valence-corrected chi connectivity index (χ0v) is 19.1. The van der Waals surface area contributed by atoms with E-state index in [1.165, 1.54) is 0 Å². The highest BCUT2D eigenvalue weighted by molar-refractivity contribution is 14.0. The summed E-state index contributed by atoms with van der Waals surface area (Å²) in [5, 5.41) is 6.46. The molecule has 0 fully saturated rings. The molecule has 154 valence electrons. The SMILES string of the molecule is CN=C(NCc1nc(C)c(C)o1)NCc1cccnc1OCc1ccccc1.I. The molecule has 0 radical (unpaired) electrons. The molecule has 2 heterocycles. The Kier molecular flexibility index (Phi) is 8.91. The lowest BCUT2D eigenvalue weighted by molar-refractivity contribution is 0.290. The Balaban J connectivity index is 0.00000300. The maximum atomic E-state index is 5.90.